The van der Waals surface area contributed by atoms with Gasteiger partial charge in [0.25, 0.3) is 5.91 Å². The van der Waals surface area contributed by atoms with Crippen LogP contribution in [0.25, 0.3) is 0 Å². The molecule has 0 spiro atoms. The number of pyridine rings is 1. The zero-order valence-electron chi connectivity index (χ0n) is 16.2. The van der Waals surface area contributed by atoms with Gasteiger partial charge in [0.2, 0.25) is 0 Å². The van der Waals surface area contributed by atoms with Crippen molar-refractivity contribution in [3.8, 4) is 0 Å². The van der Waals surface area contributed by atoms with Gasteiger partial charge in [0, 0.05) is 28.8 Å². The molecule has 0 unspecified atom stereocenters. The van der Waals surface area contributed by atoms with Crippen LogP contribution >= 0.6 is 0 Å². The molecule has 1 aliphatic heterocycles. The number of fused-ring (bicyclic) bond motifs is 1. The summed E-state index contributed by atoms with van der Waals surface area (Å²) < 4.78 is 52.7. The molecule has 0 radical (unpaired) electrons. The van der Waals surface area contributed by atoms with Crippen molar-refractivity contribution in [2.75, 3.05) is 16.0 Å². The summed E-state index contributed by atoms with van der Waals surface area (Å²) >= 11 is 0. The third-order valence-corrected chi connectivity index (χ3v) is 4.67. The van der Waals surface area contributed by atoms with E-state index in [1.165, 1.54) is 18.3 Å². The highest BCUT2D eigenvalue weighted by Gasteiger charge is 2.35. The van der Waals surface area contributed by atoms with E-state index in [0.717, 1.165) is 17.7 Å². The van der Waals surface area contributed by atoms with E-state index in [4.69, 9.17) is 0 Å². The molecule has 0 saturated carbocycles. The van der Waals surface area contributed by atoms with Gasteiger partial charge in [-0.3, -0.25) is 10.1 Å². The highest BCUT2D eigenvalue weighted by atomic mass is 19.4. The van der Waals surface area contributed by atoms with Crippen molar-refractivity contribution in [3.05, 3.63) is 77.2 Å². The third kappa shape index (κ3) is 4.46. The number of benzene rings is 2. The Morgan fingerprint density at radius 1 is 1.03 bits per heavy atom. The zero-order valence-corrected chi connectivity index (χ0v) is 16.2. The summed E-state index contributed by atoms with van der Waals surface area (Å²) in [6.45, 7) is 0.282. The number of urea groups is 1. The number of hydrogen-bond donors (Lipinski definition) is 4. The Morgan fingerprint density at radius 2 is 1.75 bits per heavy atom. The molecule has 0 aliphatic carbocycles. The maximum atomic E-state index is 13.2. The lowest BCUT2D eigenvalue weighted by atomic mass is 10.1. The minimum atomic E-state index is -4.87. The van der Waals surface area contributed by atoms with Crippen LogP contribution in [0, 0.1) is 5.82 Å². The van der Waals surface area contributed by atoms with Crippen LogP contribution < -0.4 is 21.3 Å². The predicted octanol–water partition coefficient (Wildman–Crippen LogP) is 4.87. The molecule has 0 fully saturated rings. The average molecular weight is 445 g/mol. The van der Waals surface area contributed by atoms with Crippen LogP contribution in [-0.4, -0.2) is 16.9 Å². The maximum absolute atomic E-state index is 13.2. The first-order valence-corrected chi connectivity index (χ1v) is 9.28. The van der Waals surface area contributed by atoms with Crippen molar-refractivity contribution in [1.82, 2.24) is 10.3 Å². The number of anilines is 4. The normalized spacial score (nSPS) is 12.9. The molecule has 32 heavy (non-hydrogen) atoms. The smallest absolute Gasteiger partial charge is 0.355 e. The first-order valence-electron chi connectivity index (χ1n) is 9.28. The summed E-state index contributed by atoms with van der Waals surface area (Å²) in [5.41, 5.74) is 0.297. The first kappa shape index (κ1) is 21.1. The maximum Gasteiger partial charge on any atom is 0.417 e. The summed E-state index contributed by atoms with van der Waals surface area (Å²) in [6, 6.07) is 9.49. The molecule has 4 rings (SSSR count). The molecular weight excluding hydrogens is 430 g/mol. The van der Waals surface area contributed by atoms with E-state index in [-0.39, 0.29) is 24.3 Å². The monoisotopic (exact) mass is 445 g/mol. The SMILES string of the molecule is O=C1NCc2c(Nc3ccc(NC(=O)c4ccc(F)cc4C(F)(F)F)cc3)ccnc2N1. The lowest BCUT2D eigenvalue weighted by molar-refractivity contribution is -0.138. The second kappa shape index (κ2) is 8.17. The predicted molar refractivity (Wildman–Crippen MR) is 109 cm³/mol. The number of carbonyl (C=O) groups is 2. The number of alkyl halides is 3. The molecule has 7 nitrogen and oxygen atoms in total. The Labute approximate surface area is 178 Å². The van der Waals surface area contributed by atoms with Gasteiger partial charge in [0.15, 0.2) is 0 Å². The van der Waals surface area contributed by atoms with E-state index in [1.807, 2.05) is 0 Å². The van der Waals surface area contributed by atoms with Crippen LogP contribution in [0.4, 0.5) is 45.2 Å². The molecule has 0 saturated heterocycles. The number of nitrogens with zero attached hydrogens (tertiary/aromatic N) is 1. The van der Waals surface area contributed by atoms with E-state index in [9.17, 15) is 27.2 Å². The quantitative estimate of drug-likeness (QED) is 0.431. The molecule has 3 amide bonds. The molecule has 3 aromatic rings. The van der Waals surface area contributed by atoms with E-state index >= 15 is 0 Å². The number of carbonyl (C=O) groups excluding carboxylic acids is 2. The number of hydrogen-bond acceptors (Lipinski definition) is 4. The van der Waals surface area contributed by atoms with Crippen LogP contribution in [0.15, 0.2) is 54.7 Å². The zero-order chi connectivity index (χ0) is 22.9. The van der Waals surface area contributed by atoms with E-state index < -0.39 is 29.0 Å². The highest BCUT2D eigenvalue weighted by Crippen LogP contribution is 2.33. The van der Waals surface area contributed by atoms with Gasteiger partial charge in [0.05, 0.1) is 17.7 Å². The Morgan fingerprint density at radius 3 is 2.47 bits per heavy atom. The highest BCUT2D eigenvalue weighted by molar-refractivity contribution is 6.05. The van der Waals surface area contributed by atoms with Crippen molar-refractivity contribution < 1.29 is 27.2 Å². The Bertz CT molecular complexity index is 1200. The largest absolute Gasteiger partial charge is 0.417 e. The number of rotatable bonds is 4. The van der Waals surface area contributed by atoms with Crippen LogP contribution in [0.3, 0.4) is 0 Å². The van der Waals surface area contributed by atoms with Gasteiger partial charge >= 0.3 is 12.2 Å². The summed E-state index contributed by atoms with van der Waals surface area (Å²) in [7, 11) is 0. The van der Waals surface area contributed by atoms with Gasteiger partial charge in [-0.15, -0.1) is 0 Å². The molecule has 0 bridgehead atoms. The fourth-order valence-corrected chi connectivity index (χ4v) is 3.16. The van der Waals surface area contributed by atoms with Gasteiger partial charge in [-0.1, -0.05) is 0 Å². The molecule has 2 aromatic carbocycles. The lowest BCUT2D eigenvalue weighted by Gasteiger charge is -2.20. The second-order valence-electron chi connectivity index (χ2n) is 6.84. The van der Waals surface area contributed by atoms with Crippen LogP contribution in [0.1, 0.15) is 21.5 Å². The van der Waals surface area contributed by atoms with E-state index in [1.54, 1.807) is 18.2 Å². The molecule has 0 atom stereocenters. The van der Waals surface area contributed by atoms with Gasteiger partial charge < -0.3 is 16.0 Å². The van der Waals surface area contributed by atoms with Crippen LogP contribution in [0.5, 0.6) is 0 Å². The minimum absolute atomic E-state index is 0.253. The average Bonchev–Trinajstić information content (AvgIpc) is 2.74. The van der Waals surface area contributed by atoms with Gasteiger partial charge in [-0.25, -0.2) is 14.2 Å². The van der Waals surface area contributed by atoms with Crippen LogP contribution in [0.2, 0.25) is 0 Å². The standard InChI is InChI=1S/C21H15F4N5O2/c22-11-1-6-14(16(9-11)21(23,24)25)19(31)29-13-4-2-12(3-5-13)28-17-7-8-26-18-15(17)10-27-20(32)30-18/h1-9H,10H2,(H,29,31)(H3,26,27,28,30,32). The van der Waals surface area contributed by atoms with E-state index in [2.05, 4.69) is 26.3 Å². The minimum Gasteiger partial charge on any atom is -0.355 e. The van der Waals surface area contributed by atoms with Gasteiger partial charge in [-0.2, -0.15) is 13.2 Å². The molecular formula is C21H15F4N5O2. The van der Waals surface area contributed by atoms with Gasteiger partial charge in [-0.05, 0) is 48.5 Å². The fourth-order valence-electron chi connectivity index (χ4n) is 3.16. The summed E-state index contributed by atoms with van der Waals surface area (Å²) in [5.74, 6) is -1.66. The Balaban J connectivity index is 1.50. The van der Waals surface area contributed by atoms with Gasteiger partial charge in [0.1, 0.15) is 11.6 Å². The first-order chi connectivity index (χ1) is 15.2. The summed E-state index contributed by atoms with van der Waals surface area (Å²) in [5, 5.41) is 10.8. The molecule has 2 heterocycles. The molecule has 164 valence electrons. The van der Waals surface area contributed by atoms with Crippen LogP contribution in [-0.2, 0) is 12.7 Å². The number of halogens is 4. The lowest BCUT2D eigenvalue weighted by Crippen LogP contribution is -2.34. The topological polar surface area (TPSA) is 95.2 Å². The molecule has 4 N–H and O–H groups in total. The third-order valence-electron chi connectivity index (χ3n) is 4.67. The van der Waals surface area contributed by atoms with Crippen molar-refractivity contribution >= 4 is 34.8 Å². The molecule has 1 aliphatic rings. The molecule has 11 heteroatoms. The number of nitrogens with one attached hydrogen (secondary N) is 4. The van der Waals surface area contributed by atoms with Crippen molar-refractivity contribution in [2.24, 2.45) is 0 Å². The number of aromatic nitrogens is 1. The van der Waals surface area contributed by atoms with E-state index in [0.29, 0.717) is 17.2 Å². The number of amides is 3. The van der Waals surface area contributed by atoms with Crippen molar-refractivity contribution in [3.63, 3.8) is 0 Å². The Kier molecular flexibility index (Phi) is 5.39. The summed E-state index contributed by atoms with van der Waals surface area (Å²) in [4.78, 5) is 27.9. The van der Waals surface area contributed by atoms with Crippen molar-refractivity contribution in [1.29, 1.82) is 0 Å². The van der Waals surface area contributed by atoms with Crippen molar-refractivity contribution in [2.45, 2.75) is 12.7 Å². The summed E-state index contributed by atoms with van der Waals surface area (Å²) in [6.07, 6.45) is -3.34. The Hall–Kier alpha value is -4.15. The second-order valence-corrected chi connectivity index (χ2v) is 6.84. The molecule has 1 aromatic heterocycles. The fraction of sp³-hybridized carbons (Fsp3) is 0.0952.